The molecule has 0 saturated heterocycles. The molecule has 3 fully saturated rings. The standard InChI is InChI=1S/C26H44O2/c1-5-6-7-14-26(4,28)23-11-10-21-20-9-8-18-17-19(27)12-15-24(18,2)22(20)13-16-25(21,23)3/h8,19-23,27-28H,5-7,9-17H2,1-4H3/t19-,20?,21?,22?,23-,24-,25-,26?/m0/s1. The third kappa shape index (κ3) is 3.22. The zero-order chi connectivity index (χ0) is 20.2. The van der Waals surface area contributed by atoms with E-state index in [0.29, 0.717) is 16.7 Å². The van der Waals surface area contributed by atoms with Gasteiger partial charge in [0.1, 0.15) is 0 Å². The van der Waals surface area contributed by atoms with Crippen LogP contribution in [0.3, 0.4) is 0 Å². The number of rotatable bonds is 5. The molecule has 8 atom stereocenters. The molecule has 0 aromatic rings. The van der Waals surface area contributed by atoms with E-state index < -0.39 is 5.60 Å². The van der Waals surface area contributed by atoms with Crippen LogP contribution in [0.2, 0.25) is 0 Å². The van der Waals surface area contributed by atoms with Crippen molar-refractivity contribution in [2.75, 3.05) is 0 Å². The number of allylic oxidation sites excluding steroid dienone is 1. The second-order valence-corrected chi connectivity index (χ2v) is 11.6. The Bertz CT molecular complexity index is 608. The molecule has 2 N–H and O–H groups in total. The summed E-state index contributed by atoms with van der Waals surface area (Å²) in [6.45, 7) is 9.44. The summed E-state index contributed by atoms with van der Waals surface area (Å²) in [6.07, 6.45) is 16.4. The lowest BCUT2D eigenvalue weighted by Gasteiger charge is -2.59. The Kier molecular flexibility index (Phi) is 5.54. The van der Waals surface area contributed by atoms with Gasteiger partial charge in [-0.05, 0) is 99.2 Å². The van der Waals surface area contributed by atoms with E-state index in [0.717, 1.165) is 37.0 Å². The maximum atomic E-state index is 11.5. The van der Waals surface area contributed by atoms with E-state index in [1.807, 2.05) is 0 Å². The Balaban J connectivity index is 1.55. The van der Waals surface area contributed by atoms with Crippen LogP contribution in [-0.4, -0.2) is 21.9 Å². The van der Waals surface area contributed by atoms with E-state index in [9.17, 15) is 10.2 Å². The molecular weight excluding hydrogens is 344 g/mol. The fourth-order valence-corrected chi connectivity index (χ4v) is 8.57. The average molecular weight is 389 g/mol. The molecule has 0 spiro atoms. The van der Waals surface area contributed by atoms with Crippen LogP contribution in [-0.2, 0) is 0 Å². The van der Waals surface area contributed by atoms with Gasteiger partial charge in [0.15, 0.2) is 0 Å². The molecule has 0 aliphatic heterocycles. The topological polar surface area (TPSA) is 40.5 Å². The smallest absolute Gasteiger partial charge is 0.0653 e. The summed E-state index contributed by atoms with van der Waals surface area (Å²) in [5, 5.41) is 21.7. The molecule has 2 heteroatoms. The lowest BCUT2D eigenvalue weighted by atomic mass is 9.46. The molecule has 160 valence electrons. The van der Waals surface area contributed by atoms with Crippen molar-refractivity contribution in [1.82, 2.24) is 0 Å². The molecule has 4 rings (SSSR count). The Morgan fingerprint density at radius 2 is 1.86 bits per heavy atom. The van der Waals surface area contributed by atoms with Gasteiger partial charge in [0.25, 0.3) is 0 Å². The third-order valence-corrected chi connectivity index (χ3v) is 10.1. The first-order valence-electron chi connectivity index (χ1n) is 12.3. The van der Waals surface area contributed by atoms with E-state index in [4.69, 9.17) is 0 Å². The number of fused-ring (bicyclic) bond motifs is 5. The van der Waals surface area contributed by atoms with Gasteiger partial charge in [-0.2, -0.15) is 0 Å². The van der Waals surface area contributed by atoms with Crippen molar-refractivity contribution in [2.45, 2.75) is 116 Å². The zero-order valence-corrected chi connectivity index (χ0v) is 18.8. The van der Waals surface area contributed by atoms with Crippen LogP contribution < -0.4 is 0 Å². The lowest BCUT2D eigenvalue weighted by Crippen LogP contribution is -2.53. The highest BCUT2D eigenvalue weighted by Crippen LogP contribution is 2.67. The molecular formula is C26H44O2. The summed E-state index contributed by atoms with van der Waals surface area (Å²) in [5.74, 6) is 2.82. The zero-order valence-electron chi connectivity index (χ0n) is 18.8. The number of unbranched alkanes of at least 4 members (excludes halogenated alkanes) is 2. The molecule has 2 nitrogen and oxygen atoms in total. The fraction of sp³-hybridized carbons (Fsp3) is 0.923. The highest BCUT2D eigenvalue weighted by molar-refractivity contribution is 5.25. The van der Waals surface area contributed by atoms with Crippen LogP contribution in [0.1, 0.15) is 105 Å². The summed E-state index contributed by atoms with van der Waals surface area (Å²) < 4.78 is 0. The second-order valence-electron chi connectivity index (χ2n) is 11.6. The normalized spacial score (nSPS) is 47.5. The fourth-order valence-electron chi connectivity index (χ4n) is 8.57. The highest BCUT2D eigenvalue weighted by Gasteiger charge is 2.61. The van der Waals surface area contributed by atoms with Crippen LogP contribution in [0.25, 0.3) is 0 Å². The Hall–Kier alpha value is -0.340. The van der Waals surface area contributed by atoms with Gasteiger partial charge in [-0.3, -0.25) is 0 Å². The van der Waals surface area contributed by atoms with Gasteiger partial charge in [-0.25, -0.2) is 0 Å². The number of hydrogen-bond acceptors (Lipinski definition) is 2. The molecule has 28 heavy (non-hydrogen) atoms. The lowest BCUT2D eigenvalue weighted by molar-refractivity contribution is -0.105. The van der Waals surface area contributed by atoms with Crippen LogP contribution in [0, 0.1) is 34.5 Å². The summed E-state index contributed by atoms with van der Waals surface area (Å²) >= 11 is 0. The maximum absolute atomic E-state index is 11.5. The highest BCUT2D eigenvalue weighted by atomic mass is 16.3. The molecule has 0 heterocycles. The van der Waals surface area contributed by atoms with Crippen molar-refractivity contribution in [2.24, 2.45) is 34.5 Å². The molecule has 4 aliphatic rings. The van der Waals surface area contributed by atoms with Crippen molar-refractivity contribution in [1.29, 1.82) is 0 Å². The summed E-state index contributed by atoms with van der Waals surface area (Å²) in [4.78, 5) is 0. The van der Waals surface area contributed by atoms with E-state index in [-0.39, 0.29) is 6.10 Å². The SMILES string of the molecule is CCCCCC(C)(O)[C@H]1CCC2C3CC=C4C[C@@H](O)CC[C@]4(C)C3CC[C@@]21C. The van der Waals surface area contributed by atoms with Gasteiger partial charge in [0.05, 0.1) is 11.7 Å². The van der Waals surface area contributed by atoms with E-state index in [2.05, 4.69) is 33.8 Å². The molecule has 0 bridgehead atoms. The molecule has 4 aliphatic carbocycles. The maximum Gasteiger partial charge on any atom is 0.0653 e. The van der Waals surface area contributed by atoms with E-state index in [1.54, 1.807) is 5.57 Å². The minimum absolute atomic E-state index is 0.112. The van der Waals surface area contributed by atoms with Gasteiger partial charge in [-0.1, -0.05) is 51.7 Å². The van der Waals surface area contributed by atoms with Crippen molar-refractivity contribution >= 4 is 0 Å². The molecule has 0 aromatic carbocycles. The predicted molar refractivity (Wildman–Crippen MR) is 116 cm³/mol. The van der Waals surface area contributed by atoms with Crippen molar-refractivity contribution in [3.05, 3.63) is 11.6 Å². The summed E-state index contributed by atoms with van der Waals surface area (Å²) in [6, 6.07) is 0. The molecule has 0 aromatic heterocycles. The van der Waals surface area contributed by atoms with Crippen molar-refractivity contribution in [3.63, 3.8) is 0 Å². The first-order valence-corrected chi connectivity index (χ1v) is 12.3. The average Bonchev–Trinajstić information content (AvgIpc) is 3.00. The van der Waals surface area contributed by atoms with Crippen LogP contribution in [0.5, 0.6) is 0 Å². The monoisotopic (exact) mass is 388 g/mol. The van der Waals surface area contributed by atoms with Crippen LogP contribution >= 0.6 is 0 Å². The molecule has 4 unspecified atom stereocenters. The van der Waals surface area contributed by atoms with Gasteiger partial charge in [0, 0.05) is 0 Å². The molecule has 0 amide bonds. The van der Waals surface area contributed by atoms with Crippen molar-refractivity contribution < 1.29 is 10.2 Å². The quantitative estimate of drug-likeness (QED) is 0.431. The Labute approximate surface area is 173 Å². The number of aliphatic hydroxyl groups excluding tert-OH is 1. The van der Waals surface area contributed by atoms with Crippen LogP contribution in [0.4, 0.5) is 0 Å². The molecule has 3 saturated carbocycles. The summed E-state index contributed by atoms with van der Waals surface area (Å²) in [7, 11) is 0. The minimum atomic E-state index is -0.500. The first-order chi connectivity index (χ1) is 13.2. The van der Waals surface area contributed by atoms with E-state index in [1.165, 1.54) is 57.8 Å². The molecule has 0 radical (unpaired) electrons. The van der Waals surface area contributed by atoms with Gasteiger partial charge in [0.2, 0.25) is 0 Å². The Morgan fingerprint density at radius 3 is 2.61 bits per heavy atom. The van der Waals surface area contributed by atoms with Gasteiger partial charge >= 0.3 is 0 Å². The van der Waals surface area contributed by atoms with E-state index >= 15 is 0 Å². The van der Waals surface area contributed by atoms with Gasteiger partial charge in [-0.15, -0.1) is 0 Å². The third-order valence-electron chi connectivity index (χ3n) is 10.1. The first kappa shape index (κ1) is 20.9. The van der Waals surface area contributed by atoms with Crippen LogP contribution in [0.15, 0.2) is 11.6 Å². The Morgan fingerprint density at radius 1 is 1.07 bits per heavy atom. The number of aliphatic hydroxyl groups is 2. The van der Waals surface area contributed by atoms with Gasteiger partial charge < -0.3 is 10.2 Å². The largest absolute Gasteiger partial charge is 0.393 e. The summed E-state index contributed by atoms with van der Waals surface area (Å²) in [5.41, 5.74) is 1.70. The predicted octanol–water partition coefficient (Wildman–Crippen LogP) is 6.26. The van der Waals surface area contributed by atoms with Crippen molar-refractivity contribution in [3.8, 4) is 0 Å². The number of hydrogen-bond donors (Lipinski definition) is 2. The second kappa shape index (κ2) is 7.41. The minimum Gasteiger partial charge on any atom is -0.393 e.